The van der Waals surface area contributed by atoms with Crippen molar-refractivity contribution >= 4 is 5.95 Å². The molecule has 0 fully saturated rings. The van der Waals surface area contributed by atoms with E-state index in [1.165, 1.54) is 19.2 Å². The lowest BCUT2D eigenvalue weighted by atomic mass is 10.2. The number of hydrogen-bond donors (Lipinski definition) is 1. The lowest BCUT2D eigenvalue weighted by Crippen LogP contribution is -2.03. The minimum Gasteiger partial charge on any atom is -0.467 e. The molecule has 0 aliphatic carbocycles. The summed E-state index contributed by atoms with van der Waals surface area (Å²) in [4.78, 5) is 12.2. The first-order valence-corrected chi connectivity index (χ1v) is 4.96. The first-order chi connectivity index (χ1) is 8.22. The molecule has 0 saturated heterocycles. The van der Waals surface area contributed by atoms with Gasteiger partial charge in [0.05, 0.1) is 7.11 Å². The third kappa shape index (κ3) is 2.47. The maximum atomic E-state index is 12.8. The van der Waals surface area contributed by atoms with E-state index in [4.69, 9.17) is 4.74 Å². The van der Waals surface area contributed by atoms with Crippen molar-refractivity contribution in [2.45, 2.75) is 0 Å². The van der Waals surface area contributed by atoms with Gasteiger partial charge in [-0.15, -0.1) is 0 Å². The average molecular weight is 234 g/mol. The third-order valence-corrected chi connectivity index (χ3v) is 2.12. The van der Waals surface area contributed by atoms with Crippen LogP contribution in [0.2, 0.25) is 0 Å². The zero-order chi connectivity index (χ0) is 12.3. The Bertz CT molecular complexity index is 493. The number of hydrogen-bond acceptors (Lipinski definition) is 5. The van der Waals surface area contributed by atoms with Crippen molar-refractivity contribution in [3.05, 3.63) is 30.1 Å². The Morgan fingerprint density at radius 1 is 1.12 bits per heavy atom. The number of anilines is 1. The van der Waals surface area contributed by atoms with E-state index in [9.17, 15) is 4.39 Å². The molecule has 0 saturated carbocycles. The Morgan fingerprint density at radius 2 is 1.82 bits per heavy atom. The molecular formula is C11H11FN4O. The molecule has 2 aromatic rings. The van der Waals surface area contributed by atoms with E-state index in [0.29, 0.717) is 17.3 Å². The van der Waals surface area contributed by atoms with Gasteiger partial charge in [-0.05, 0) is 24.3 Å². The largest absolute Gasteiger partial charge is 0.467 e. The average Bonchev–Trinajstić information content (AvgIpc) is 2.39. The first kappa shape index (κ1) is 11.3. The molecule has 1 aromatic carbocycles. The Kier molecular flexibility index (Phi) is 3.13. The standard InChI is InChI=1S/C11H11FN4O/c1-13-10-14-9(15-11(16-10)17-2)7-3-5-8(12)6-4-7/h3-6H,1-2H3,(H,13,14,15,16). The molecule has 0 radical (unpaired) electrons. The van der Waals surface area contributed by atoms with E-state index in [2.05, 4.69) is 20.3 Å². The summed E-state index contributed by atoms with van der Waals surface area (Å²) in [6.07, 6.45) is 0. The van der Waals surface area contributed by atoms with Gasteiger partial charge in [0.2, 0.25) is 5.95 Å². The summed E-state index contributed by atoms with van der Waals surface area (Å²) >= 11 is 0. The Hall–Kier alpha value is -2.24. The molecule has 1 N–H and O–H groups in total. The van der Waals surface area contributed by atoms with E-state index in [-0.39, 0.29) is 11.8 Å². The quantitative estimate of drug-likeness (QED) is 0.876. The number of rotatable bonds is 3. The molecule has 0 aliphatic heterocycles. The highest BCUT2D eigenvalue weighted by Crippen LogP contribution is 2.18. The molecule has 0 unspecified atom stereocenters. The SMILES string of the molecule is CNc1nc(OC)nc(-c2ccc(F)cc2)n1. The van der Waals surface area contributed by atoms with Gasteiger partial charge < -0.3 is 10.1 Å². The molecule has 1 aromatic heterocycles. The predicted octanol–water partition coefficient (Wildman–Crippen LogP) is 1.73. The molecule has 0 bridgehead atoms. The molecule has 0 aliphatic rings. The van der Waals surface area contributed by atoms with Crippen LogP contribution in [0.15, 0.2) is 24.3 Å². The minimum absolute atomic E-state index is 0.212. The van der Waals surface area contributed by atoms with Crippen LogP contribution in [0.3, 0.4) is 0 Å². The topological polar surface area (TPSA) is 59.9 Å². The fourth-order valence-corrected chi connectivity index (χ4v) is 1.29. The molecule has 6 heteroatoms. The van der Waals surface area contributed by atoms with Gasteiger partial charge in [-0.1, -0.05) is 0 Å². The minimum atomic E-state index is -0.302. The van der Waals surface area contributed by atoms with Gasteiger partial charge in [0.25, 0.3) is 0 Å². The van der Waals surface area contributed by atoms with Gasteiger partial charge >= 0.3 is 6.01 Å². The van der Waals surface area contributed by atoms with Crippen molar-refractivity contribution < 1.29 is 9.13 Å². The summed E-state index contributed by atoms with van der Waals surface area (Å²) in [5.41, 5.74) is 0.698. The van der Waals surface area contributed by atoms with Crippen LogP contribution in [0.25, 0.3) is 11.4 Å². The lowest BCUT2D eigenvalue weighted by Gasteiger charge is -2.05. The van der Waals surface area contributed by atoms with E-state index < -0.39 is 0 Å². The fraction of sp³-hybridized carbons (Fsp3) is 0.182. The summed E-state index contributed by atoms with van der Waals surface area (Å²) < 4.78 is 17.8. The second-order valence-corrected chi connectivity index (χ2v) is 3.23. The smallest absolute Gasteiger partial charge is 0.321 e. The Labute approximate surface area is 97.7 Å². The van der Waals surface area contributed by atoms with Crippen LogP contribution in [0, 0.1) is 5.82 Å². The molecule has 0 spiro atoms. The van der Waals surface area contributed by atoms with Crippen LogP contribution in [0.4, 0.5) is 10.3 Å². The zero-order valence-electron chi connectivity index (χ0n) is 9.44. The summed E-state index contributed by atoms with van der Waals surface area (Å²) in [6, 6.07) is 6.12. The van der Waals surface area contributed by atoms with Gasteiger partial charge in [-0.2, -0.15) is 15.0 Å². The number of methoxy groups -OCH3 is 1. The molecular weight excluding hydrogens is 223 g/mol. The maximum absolute atomic E-state index is 12.8. The van der Waals surface area contributed by atoms with Crippen LogP contribution in [-0.4, -0.2) is 29.1 Å². The van der Waals surface area contributed by atoms with Crippen molar-refractivity contribution in [1.82, 2.24) is 15.0 Å². The summed E-state index contributed by atoms with van der Waals surface area (Å²) in [7, 11) is 3.17. The van der Waals surface area contributed by atoms with Gasteiger partial charge in [-0.3, -0.25) is 0 Å². The van der Waals surface area contributed by atoms with Gasteiger partial charge in [-0.25, -0.2) is 4.39 Å². The van der Waals surface area contributed by atoms with Crippen molar-refractivity contribution in [2.75, 3.05) is 19.5 Å². The Balaban J connectivity index is 2.46. The van der Waals surface area contributed by atoms with Gasteiger partial charge in [0, 0.05) is 12.6 Å². The van der Waals surface area contributed by atoms with Crippen molar-refractivity contribution in [3.63, 3.8) is 0 Å². The van der Waals surface area contributed by atoms with Crippen LogP contribution >= 0.6 is 0 Å². The molecule has 5 nitrogen and oxygen atoms in total. The van der Waals surface area contributed by atoms with Crippen LogP contribution in [0.5, 0.6) is 6.01 Å². The van der Waals surface area contributed by atoms with Crippen molar-refractivity contribution in [3.8, 4) is 17.4 Å². The Morgan fingerprint density at radius 3 is 2.41 bits per heavy atom. The molecule has 17 heavy (non-hydrogen) atoms. The van der Waals surface area contributed by atoms with Crippen LogP contribution in [-0.2, 0) is 0 Å². The van der Waals surface area contributed by atoms with E-state index in [1.807, 2.05) is 0 Å². The number of ether oxygens (including phenoxy) is 1. The predicted molar refractivity (Wildman–Crippen MR) is 61.3 cm³/mol. The first-order valence-electron chi connectivity index (χ1n) is 4.96. The normalized spacial score (nSPS) is 10.1. The number of nitrogens with zero attached hydrogens (tertiary/aromatic N) is 3. The molecule has 1 heterocycles. The highest BCUT2D eigenvalue weighted by atomic mass is 19.1. The van der Waals surface area contributed by atoms with Crippen LogP contribution in [0.1, 0.15) is 0 Å². The van der Waals surface area contributed by atoms with E-state index >= 15 is 0 Å². The second kappa shape index (κ2) is 4.73. The van der Waals surface area contributed by atoms with Gasteiger partial charge in [0.1, 0.15) is 5.82 Å². The number of halogens is 1. The summed E-state index contributed by atoms with van der Waals surface area (Å²) in [5, 5.41) is 2.81. The lowest BCUT2D eigenvalue weighted by molar-refractivity contribution is 0.379. The second-order valence-electron chi connectivity index (χ2n) is 3.23. The molecule has 0 atom stereocenters. The summed E-state index contributed by atoms with van der Waals surface area (Å²) in [6.45, 7) is 0. The highest BCUT2D eigenvalue weighted by Gasteiger charge is 2.07. The molecule has 2 rings (SSSR count). The number of benzene rings is 1. The maximum Gasteiger partial charge on any atom is 0.321 e. The monoisotopic (exact) mass is 234 g/mol. The van der Waals surface area contributed by atoms with E-state index in [1.54, 1.807) is 19.2 Å². The number of aromatic nitrogens is 3. The molecule has 0 amide bonds. The van der Waals surface area contributed by atoms with Gasteiger partial charge in [0.15, 0.2) is 5.82 Å². The third-order valence-electron chi connectivity index (χ3n) is 2.12. The summed E-state index contributed by atoms with van der Waals surface area (Å²) in [5.74, 6) is 0.529. The van der Waals surface area contributed by atoms with Crippen LogP contribution < -0.4 is 10.1 Å². The van der Waals surface area contributed by atoms with Crippen molar-refractivity contribution in [1.29, 1.82) is 0 Å². The van der Waals surface area contributed by atoms with E-state index in [0.717, 1.165) is 0 Å². The fourth-order valence-electron chi connectivity index (χ4n) is 1.29. The highest BCUT2D eigenvalue weighted by molar-refractivity contribution is 5.56. The zero-order valence-corrected chi connectivity index (χ0v) is 9.44. The van der Waals surface area contributed by atoms with Crippen molar-refractivity contribution in [2.24, 2.45) is 0 Å². The molecule has 88 valence electrons. The number of nitrogens with one attached hydrogen (secondary N) is 1.